The molecule has 0 amide bonds. The molecule has 0 heterocycles. The molecule has 1 aliphatic carbocycles. The summed E-state index contributed by atoms with van der Waals surface area (Å²) in [6.45, 7) is 3.62. The Morgan fingerprint density at radius 1 is 1.22 bits per heavy atom. The number of carbonyl (C=O) groups is 2. The molecule has 0 spiro atoms. The predicted molar refractivity (Wildman–Crippen MR) is 64.9 cm³/mol. The SMILES string of the molecule is CC(C)(CO)COC(=O)C1CCCCC1C(=O)O. The van der Waals surface area contributed by atoms with E-state index in [1.165, 1.54) is 0 Å². The van der Waals surface area contributed by atoms with Gasteiger partial charge >= 0.3 is 11.9 Å². The number of aliphatic hydroxyl groups excluding tert-OH is 1. The van der Waals surface area contributed by atoms with E-state index in [9.17, 15) is 9.59 Å². The van der Waals surface area contributed by atoms with Crippen LogP contribution < -0.4 is 0 Å². The van der Waals surface area contributed by atoms with Crippen LogP contribution in [0.15, 0.2) is 0 Å². The number of hydrogen-bond acceptors (Lipinski definition) is 4. The fourth-order valence-corrected chi connectivity index (χ4v) is 2.13. The average molecular weight is 258 g/mol. The van der Waals surface area contributed by atoms with E-state index >= 15 is 0 Å². The van der Waals surface area contributed by atoms with Crippen LogP contribution in [0.5, 0.6) is 0 Å². The van der Waals surface area contributed by atoms with Crippen molar-refractivity contribution in [3.63, 3.8) is 0 Å². The van der Waals surface area contributed by atoms with Gasteiger partial charge in [0.1, 0.15) is 0 Å². The summed E-state index contributed by atoms with van der Waals surface area (Å²) in [6, 6.07) is 0. The van der Waals surface area contributed by atoms with E-state index in [4.69, 9.17) is 14.9 Å². The molecular formula is C13H22O5. The van der Waals surface area contributed by atoms with E-state index in [0.717, 1.165) is 12.8 Å². The summed E-state index contributed by atoms with van der Waals surface area (Å²) in [5.41, 5.74) is -0.483. The van der Waals surface area contributed by atoms with Crippen molar-refractivity contribution in [1.29, 1.82) is 0 Å². The lowest BCUT2D eigenvalue weighted by Gasteiger charge is -2.28. The monoisotopic (exact) mass is 258 g/mol. The average Bonchev–Trinajstić information content (AvgIpc) is 2.36. The Morgan fingerprint density at radius 3 is 2.28 bits per heavy atom. The highest BCUT2D eigenvalue weighted by Gasteiger charge is 2.37. The third-order valence-electron chi connectivity index (χ3n) is 3.42. The van der Waals surface area contributed by atoms with Crippen molar-refractivity contribution in [2.75, 3.05) is 13.2 Å². The van der Waals surface area contributed by atoms with Crippen molar-refractivity contribution in [3.05, 3.63) is 0 Å². The standard InChI is InChI=1S/C13H22O5/c1-13(2,7-14)8-18-12(17)10-6-4-3-5-9(10)11(15)16/h9-10,14H,3-8H2,1-2H3,(H,15,16). The highest BCUT2D eigenvalue weighted by atomic mass is 16.5. The van der Waals surface area contributed by atoms with Crippen LogP contribution in [-0.4, -0.2) is 35.4 Å². The number of esters is 1. The summed E-state index contributed by atoms with van der Waals surface area (Å²) < 4.78 is 5.16. The summed E-state index contributed by atoms with van der Waals surface area (Å²) >= 11 is 0. The minimum absolute atomic E-state index is 0.0761. The number of rotatable bonds is 5. The summed E-state index contributed by atoms with van der Waals surface area (Å²) in [7, 11) is 0. The Balaban J connectivity index is 2.56. The highest BCUT2D eigenvalue weighted by molar-refractivity contribution is 5.81. The molecule has 104 valence electrons. The summed E-state index contributed by atoms with van der Waals surface area (Å²) in [6.07, 6.45) is 2.84. The van der Waals surface area contributed by atoms with Crippen LogP contribution in [-0.2, 0) is 14.3 Å². The van der Waals surface area contributed by atoms with Gasteiger partial charge in [0.05, 0.1) is 25.0 Å². The largest absolute Gasteiger partial charge is 0.481 e. The molecule has 0 bridgehead atoms. The minimum atomic E-state index is -0.918. The van der Waals surface area contributed by atoms with Gasteiger partial charge in [-0.05, 0) is 12.8 Å². The van der Waals surface area contributed by atoms with Crippen LogP contribution >= 0.6 is 0 Å². The van der Waals surface area contributed by atoms with E-state index in [0.29, 0.717) is 12.8 Å². The van der Waals surface area contributed by atoms with E-state index in [1.807, 2.05) is 0 Å². The van der Waals surface area contributed by atoms with Gasteiger partial charge in [-0.1, -0.05) is 26.7 Å². The molecule has 0 aromatic heterocycles. The van der Waals surface area contributed by atoms with Crippen molar-refractivity contribution in [3.8, 4) is 0 Å². The van der Waals surface area contributed by atoms with Gasteiger partial charge in [0.15, 0.2) is 0 Å². The Labute approximate surface area is 107 Å². The first-order valence-corrected chi connectivity index (χ1v) is 6.38. The Hall–Kier alpha value is -1.10. The van der Waals surface area contributed by atoms with Gasteiger partial charge in [-0.2, -0.15) is 0 Å². The van der Waals surface area contributed by atoms with Gasteiger partial charge in [0.25, 0.3) is 0 Å². The predicted octanol–water partition coefficient (Wildman–Crippen LogP) is 1.44. The van der Waals surface area contributed by atoms with Crippen molar-refractivity contribution >= 4 is 11.9 Å². The Bertz CT molecular complexity index is 311. The highest BCUT2D eigenvalue weighted by Crippen LogP contribution is 2.31. The van der Waals surface area contributed by atoms with Crippen molar-refractivity contribution < 1.29 is 24.5 Å². The number of carboxylic acid groups (broad SMARTS) is 1. The molecule has 2 unspecified atom stereocenters. The summed E-state index contributed by atoms with van der Waals surface area (Å²) in [4.78, 5) is 23.0. The molecule has 2 N–H and O–H groups in total. The van der Waals surface area contributed by atoms with Crippen LogP contribution in [0.3, 0.4) is 0 Å². The molecule has 0 aromatic carbocycles. The lowest BCUT2D eigenvalue weighted by molar-refractivity contribution is -0.162. The number of hydrogen-bond donors (Lipinski definition) is 2. The van der Waals surface area contributed by atoms with Gasteiger partial charge in [-0.3, -0.25) is 9.59 Å². The van der Waals surface area contributed by atoms with Gasteiger partial charge in [-0.25, -0.2) is 0 Å². The number of aliphatic hydroxyl groups is 1. The van der Waals surface area contributed by atoms with Crippen LogP contribution in [0.2, 0.25) is 0 Å². The smallest absolute Gasteiger partial charge is 0.309 e. The molecule has 5 heteroatoms. The number of carbonyl (C=O) groups excluding carboxylic acids is 1. The number of aliphatic carboxylic acids is 1. The van der Waals surface area contributed by atoms with Crippen LogP contribution in [0.1, 0.15) is 39.5 Å². The summed E-state index contributed by atoms with van der Waals surface area (Å²) in [5.74, 6) is -2.52. The van der Waals surface area contributed by atoms with Gasteiger partial charge in [0, 0.05) is 5.41 Å². The molecule has 2 atom stereocenters. The topological polar surface area (TPSA) is 83.8 Å². The van der Waals surface area contributed by atoms with Crippen LogP contribution in [0.4, 0.5) is 0 Å². The molecule has 18 heavy (non-hydrogen) atoms. The second kappa shape index (κ2) is 6.18. The molecule has 0 saturated heterocycles. The van der Waals surface area contributed by atoms with Crippen molar-refractivity contribution in [2.45, 2.75) is 39.5 Å². The molecule has 0 radical (unpaired) electrons. The molecule has 1 rings (SSSR count). The lowest BCUT2D eigenvalue weighted by atomic mass is 9.79. The fraction of sp³-hybridized carbons (Fsp3) is 0.846. The van der Waals surface area contributed by atoms with E-state index in [1.54, 1.807) is 13.8 Å². The van der Waals surface area contributed by atoms with Gasteiger partial charge in [0.2, 0.25) is 0 Å². The zero-order valence-corrected chi connectivity index (χ0v) is 11.0. The van der Waals surface area contributed by atoms with Crippen molar-refractivity contribution in [2.24, 2.45) is 17.3 Å². The summed E-state index contributed by atoms with van der Waals surface area (Å²) in [5, 5.41) is 18.2. The maximum absolute atomic E-state index is 11.9. The van der Waals surface area contributed by atoms with Gasteiger partial charge < -0.3 is 14.9 Å². The normalized spacial score (nSPS) is 24.6. The quantitative estimate of drug-likeness (QED) is 0.729. The van der Waals surface area contributed by atoms with E-state index in [2.05, 4.69) is 0 Å². The molecule has 1 fully saturated rings. The Morgan fingerprint density at radius 2 is 1.78 bits per heavy atom. The third kappa shape index (κ3) is 3.98. The zero-order valence-electron chi connectivity index (χ0n) is 11.0. The zero-order chi connectivity index (χ0) is 13.8. The number of carboxylic acids is 1. The van der Waals surface area contributed by atoms with E-state index in [-0.39, 0.29) is 13.2 Å². The molecule has 0 aliphatic heterocycles. The maximum atomic E-state index is 11.9. The molecular weight excluding hydrogens is 236 g/mol. The second-order valence-electron chi connectivity index (χ2n) is 5.77. The second-order valence-corrected chi connectivity index (χ2v) is 5.77. The van der Waals surface area contributed by atoms with Crippen LogP contribution in [0, 0.1) is 17.3 Å². The van der Waals surface area contributed by atoms with Crippen LogP contribution in [0.25, 0.3) is 0 Å². The molecule has 1 aliphatic rings. The molecule has 1 saturated carbocycles. The first kappa shape index (κ1) is 15.0. The molecule has 0 aromatic rings. The number of ether oxygens (including phenoxy) is 1. The van der Waals surface area contributed by atoms with Gasteiger partial charge in [-0.15, -0.1) is 0 Å². The minimum Gasteiger partial charge on any atom is -0.481 e. The lowest BCUT2D eigenvalue weighted by Crippen LogP contribution is -2.36. The van der Waals surface area contributed by atoms with E-state index < -0.39 is 29.2 Å². The third-order valence-corrected chi connectivity index (χ3v) is 3.42. The molecule has 5 nitrogen and oxygen atoms in total. The van der Waals surface area contributed by atoms with Crippen molar-refractivity contribution in [1.82, 2.24) is 0 Å². The fourth-order valence-electron chi connectivity index (χ4n) is 2.13. The first-order chi connectivity index (χ1) is 8.37. The first-order valence-electron chi connectivity index (χ1n) is 6.38. The maximum Gasteiger partial charge on any atom is 0.309 e. The Kier molecular flexibility index (Phi) is 5.14.